The SMILES string of the molecule is Cc1nc(C2CN(C(=O)c3ccc4c(c3)CCCC4)CCO2)cc(=O)[nH]1. The molecule has 2 aliphatic rings. The molecule has 26 heavy (non-hydrogen) atoms. The van der Waals surface area contributed by atoms with Crippen LogP contribution in [0.3, 0.4) is 0 Å². The average molecular weight is 353 g/mol. The van der Waals surface area contributed by atoms with Gasteiger partial charge in [-0.3, -0.25) is 9.59 Å². The predicted octanol–water partition coefficient (Wildman–Crippen LogP) is 2.17. The van der Waals surface area contributed by atoms with Gasteiger partial charge in [0.25, 0.3) is 11.5 Å². The van der Waals surface area contributed by atoms with Crippen molar-refractivity contribution in [3.8, 4) is 0 Å². The van der Waals surface area contributed by atoms with Crippen LogP contribution < -0.4 is 5.56 Å². The molecule has 2 aromatic rings. The predicted molar refractivity (Wildman–Crippen MR) is 97.3 cm³/mol. The fourth-order valence-electron chi connectivity index (χ4n) is 3.83. The summed E-state index contributed by atoms with van der Waals surface area (Å²) in [6, 6.07) is 7.54. The van der Waals surface area contributed by atoms with Crippen LogP contribution in [0.4, 0.5) is 0 Å². The lowest BCUT2D eigenvalue weighted by molar-refractivity contribution is -0.0249. The Morgan fingerprint density at radius 3 is 2.85 bits per heavy atom. The van der Waals surface area contributed by atoms with E-state index >= 15 is 0 Å². The van der Waals surface area contributed by atoms with Crippen LogP contribution in [0, 0.1) is 6.92 Å². The van der Waals surface area contributed by atoms with Crippen molar-refractivity contribution in [2.24, 2.45) is 0 Å². The first-order chi connectivity index (χ1) is 12.6. The number of carbonyl (C=O) groups excluding carboxylic acids is 1. The summed E-state index contributed by atoms with van der Waals surface area (Å²) in [4.78, 5) is 33.5. The highest BCUT2D eigenvalue weighted by molar-refractivity contribution is 5.94. The zero-order valence-corrected chi connectivity index (χ0v) is 15.0. The number of nitrogens with zero attached hydrogens (tertiary/aromatic N) is 2. The monoisotopic (exact) mass is 353 g/mol. The van der Waals surface area contributed by atoms with E-state index in [2.05, 4.69) is 22.1 Å². The largest absolute Gasteiger partial charge is 0.368 e. The van der Waals surface area contributed by atoms with Gasteiger partial charge >= 0.3 is 0 Å². The second-order valence-corrected chi connectivity index (χ2v) is 7.06. The van der Waals surface area contributed by atoms with Crippen LogP contribution in [-0.2, 0) is 17.6 Å². The lowest BCUT2D eigenvalue weighted by Crippen LogP contribution is -2.42. The first-order valence-corrected chi connectivity index (χ1v) is 9.21. The summed E-state index contributed by atoms with van der Waals surface area (Å²) in [6.45, 7) is 3.14. The Morgan fingerprint density at radius 1 is 1.23 bits per heavy atom. The average Bonchev–Trinajstić information content (AvgIpc) is 2.66. The molecule has 6 heteroatoms. The molecule has 1 unspecified atom stereocenters. The second-order valence-electron chi connectivity index (χ2n) is 7.06. The van der Waals surface area contributed by atoms with Gasteiger partial charge in [-0.15, -0.1) is 0 Å². The Bertz CT molecular complexity index is 890. The summed E-state index contributed by atoms with van der Waals surface area (Å²) in [5.74, 6) is 0.572. The van der Waals surface area contributed by atoms with E-state index in [1.165, 1.54) is 30.0 Å². The zero-order chi connectivity index (χ0) is 18.1. The number of aryl methyl sites for hydroxylation is 3. The van der Waals surface area contributed by atoms with Gasteiger partial charge in [0, 0.05) is 18.2 Å². The van der Waals surface area contributed by atoms with Gasteiger partial charge in [-0.25, -0.2) is 4.98 Å². The molecule has 1 amide bonds. The van der Waals surface area contributed by atoms with E-state index in [-0.39, 0.29) is 17.6 Å². The van der Waals surface area contributed by atoms with Crippen LogP contribution in [0.2, 0.25) is 0 Å². The standard InChI is InChI=1S/C20H23N3O3/c1-13-21-17(11-19(24)22-13)18-12-23(8-9-26-18)20(25)16-7-6-14-4-2-3-5-15(14)10-16/h6-7,10-11,18H,2-5,8-9,12H2,1H3,(H,21,22,24). The van der Waals surface area contributed by atoms with Crippen LogP contribution >= 0.6 is 0 Å². The van der Waals surface area contributed by atoms with Crippen LogP contribution in [-0.4, -0.2) is 40.5 Å². The summed E-state index contributed by atoms with van der Waals surface area (Å²) >= 11 is 0. The topological polar surface area (TPSA) is 75.3 Å². The smallest absolute Gasteiger partial charge is 0.254 e. The molecule has 0 bridgehead atoms. The number of benzene rings is 1. The zero-order valence-electron chi connectivity index (χ0n) is 15.0. The molecular formula is C20H23N3O3. The second kappa shape index (κ2) is 7.03. The molecule has 136 valence electrons. The van der Waals surface area contributed by atoms with Gasteiger partial charge < -0.3 is 14.6 Å². The molecule has 1 atom stereocenters. The molecule has 0 radical (unpaired) electrons. The van der Waals surface area contributed by atoms with Crippen molar-refractivity contribution in [3.05, 3.63) is 62.8 Å². The van der Waals surface area contributed by atoms with Gasteiger partial charge in [0.05, 0.1) is 18.8 Å². The van der Waals surface area contributed by atoms with Crippen LogP contribution in [0.1, 0.15) is 51.9 Å². The molecule has 1 fully saturated rings. The van der Waals surface area contributed by atoms with Crippen LogP contribution in [0.5, 0.6) is 0 Å². The molecule has 1 aromatic carbocycles. The number of amides is 1. The third kappa shape index (κ3) is 3.42. The molecular weight excluding hydrogens is 330 g/mol. The Hall–Kier alpha value is -2.47. The lowest BCUT2D eigenvalue weighted by atomic mass is 9.90. The Morgan fingerprint density at radius 2 is 2.04 bits per heavy atom. The highest BCUT2D eigenvalue weighted by Gasteiger charge is 2.28. The van der Waals surface area contributed by atoms with E-state index in [4.69, 9.17) is 4.74 Å². The van der Waals surface area contributed by atoms with Crippen molar-refractivity contribution in [1.82, 2.24) is 14.9 Å². The first kappa shape index (κ1) is 17.0. The summed E-state index contributed by atoms with van der Waals surface area (Å²) in [5.41, 5.74) is 3.79. The molecule has 4 rings (SSSR count). The number of fused-ring (bicyclic) bond motifs is 1. The van der Waals surface area contributed by atoms with Crippen molar-refractivity contribution in [2.45, 2.75) is 38.7 Å². The highest BCUT2D eigenvalue weighted by Crippen LogP contribution is 2.25. The van der Waals surface area contributed by atoms with Crippen molar-refractivity contribution in [3.63, 3.8) is 0 Å². The number of aromatic nitrogens is 2. The van der Waals surface area contributed by atoms with Crippen molar-refractivity contribution < 1.29 is 9.53 Å². The molecule has 1 saturated heterocycles. The van der Waals surface area contributed by atoms with Gasteiger partial charge in [0.1, 0.15) is 11.9 Å². The van der Waals surface area contributed by atoms with E-state index < -0.39 is 0 Å². The maximum atomic E-state index is 13.0. The maximum absolute atomic E-state index is 13.0. The number of nitrogens with one attached hydrogen (secondary N) is 1. The fraction of sp³-hybridized carbons (Fsp3) is 0.450. The normalized spacial score (nSPS) is 19.9. The summed E-state index contributed by atoms with van der Waals surface area (Å²) in [6.07, 6.45) is 4.22. The molecule has 1 aromatic heterocycles. The molecule has 0 spiro atoms. The number of rotatable bonds is 2. The molecule has 0 saturated carbocycles. The Labute approximate surface area is 152 Å². The minimum Gasteiger partial charge on any atom is -0.368 e. The van der Waals surface area contributed by atoms with Crippen molar-refractivity contribution in [2.75, 3.05) is 19.7 Å². The number of ether oxygens (including phenoxy) is 1. The number of H-pyrrole nitrogens is 1. The third-order valence-electron chi connectivity index (χ3n) is 5.16. The minimum atomic E-state index is -0.369. The first-order valence-electron chi connectivity index (χ1n) is 9.21. The number of carbonyl (C=O) groups is 1. The summed E-state index contributed by atoms with van der Waals surface area (Å²) in [7, 11) is 0. The molecule has 1 aliphatic carbocycles. The Kier molecular flexibility index (Phi) is 4.59. The van der Waals surface area contributed by atoms with Crippen molar-refractivity contribution in [1.29, 1.82) is 0 Å². The van der Waals surface area contributed by atoms with Gasteiger partial charge in [0.15, 0.2) is 0 Å². The lowest BCUT2D eigenvalue weighted by Gasteiger charge is -2.33. The number of hydrogen-bond donors (Lipinski definition) is 1. The number of morpholine rings is 1. The molecule has 1 N–H and O–H groups in total. The van der Waals surface area contributed by atoms with Crippen LogP contribution in [0.25, 0.3) is 0 Å². The Balaban J connectivity index is 1.54. The van der Waals surface area contributed by atoms with E-state index in [1.54, 1.807) is 11.8 Å². The molecule has 1 aliphatic heterocycles. The number of hydrogen-bond acceptors (Lipinski definition) is 4. The maximum Gasteiger partial charge on any atom is 0.254 e. The number of aromatic amines is 1. The van der Waals surface area contributed by atoms with E-state index in [1.807, 2.05) is 6.07 Å². The van der Waals surface area contributed by atoms with E-state index in [9.17, 15) is 9.59 Å². The van der Waals surface area contributed by atoms with Crippen molar-refractivity contribution >= 4 is 5.91 Å². The molecule has 2 heterocycles. The minimum absolute atomic E-state index is 0.0215. The molecule has 6 nitrogen and oxygen atoms in total. The summed E-state index contributed by atoms with van der Waals surface area (Å²) in [5, 5.41) is 0. The third-order valence-corrected chi connectivity index (χ3v) is 5.16. The van der Waals surface area contributed by atoms with Crippen LogP contribution in [0.15, 0.2) is 29.1 Å². The van der Waals surface area contributed by atoms with Gasteiger partial charge in [-0.1, -0.05) is 6.07 Å². The summed E-state index contributed by atoms with van der Waals surface area (Å²) < 4.78 is 5.77. The fourth-order valence-corrected chi connectivity index (χ4v) is 3.83. The van der Waals surface area contributed by atoms with Gasteiger partial charge in [-0.05, 0) is 55.9 Å². The van der Waals surface area contributed by atoms with Gasteiger partial charge in [-0.2, -0.15) is 0 Å². The van der Waals surface area contributed by atoms with E-state index in [0.29, 0.717) is 31.2 Å². The quantitative estimate of drug-likeness (QED) is 0.898. The van der Waals surface area contributed by atoms with E-state index in [0.717, 1.165) is 18.4 Å². The van der Waals surface area contributed by atoms with Gasteiger partial charge in [0.2, 0.25) is 0 Å². The highest BCUT2D eigenvalue weighted by atomic mass is 16.5.